The third-order valence-electron chi connectivity index (χ3n) is 8.07. The Balaban J connectivity index is 2.79. The molecule has 0 aliphatic carbocycles. The number of hydrogen-bond acceptors (Lipinski definition) is 5. The first-order chi connectivity index (χ1) is 18.3. The number of esters is 2. The van der Waals surface area contributed by atoms with Gasteiger partial charge in [-0.1, -0.05) is 72.2 Å². The highest BCUT2D eigenvalue weighted by Crippen LogP contribution is 2.56. The van der Waals surface area contributed by atoms with Gasteiger partial charge in [0.05, 0.1) is 31.0 Å². The zero-order valence-corrected chi connectivity index (χ0v) is 27.6. The van der Waals surface area contributed by atoms with Crippen LogP contribution in [0.15, 0.2) is 24.3 Å². The summed E-state index contributed by atoms with van der Waals surface area (Å²) in [5, 5.41) is 0. The quantitative estimate of drug-likeness (QED) is 0.125. The fourth-order valence-corrected chi connectivity index (χ4v) is 7.70. The average molecular weight is 566 g/mol. The Labute approximate surface area is 240 Å². The van der Waals surface area contributed by atoms with Crippen molar-refractivity contribution in [2.45, 2.75) is 106 Å². The van der Waals surface area contributed by atoms with Crippen molar-refractivity contribution in [1.82, 2.24) is 0 Å². The van der Waals surface area contributed by atoms with Crippen LogP contribution in [0.5, 0.6) is 0 Å². The van der Waals surface area contributed by atoms with Crippen LogP contribution in [-0.2, 0) is 36.6 Å². The van der Waals surface area contributed by atoms with E-state index >= 15 is 0 Å². The highest BCUT2D eigenvalue weighted by molar-refractivity contribution is 7.73. The van der Waals surface area contributed by atoms with Crippen LogP contribution in [0.3, 0.4) is 0 Å². The molecule has 1 rings (SSSR count). The molecule has 0 bridgehead atoms. The predicted octanol–water partition coefficient (Wildman–Crippen LogP) is 8.38. The number of carbonyl (C=O) groups is 2. The smallest absolute Gasteiger partial charge is 0.317 e. The summed E-state index contributed by atoms with van der Waals surface area (Å²) in [7, 11) is -1.06. The highest BCUT2D eigenvalue weighted by Gasteiger charge is 2.38. The number of benzene rings is 1. The van der Waals surface area contributed by atoms with Crippen molar-refractivity contribution < 1.29 is 23.8 Å². The van der Waals surface area contributed by atoms with E-state index in [1.807, 2.05) is 27.7 Å². The lowest BCUT2D eigenvalue weighted by Crippen LogP contribution is -2.41. The molecule has 5 atom stereocenters. The molecular weight excluding hydrogens is 507 g/mol. The van der Waals surface area contributed by atoms with Gasteiger partial charge in [0.15, 0.2) is 0 Å². The van der Waals surface area contributed by atoms with E-state index in [1.165, 1.54) is 31.0 Å². The molecule has 0 spiro atoms. The summed E-state index contributed by atoms with van der Waals surface area (Å²) in [6.45, 7) is 21.8. The van der Waals surface area contributed by atoms with Gasteiger partial charge in [0, 0.05) is 20.6 Å². The van der Waals surface area contributed by atoms with Crippen LogP contribution in [0.4, 0.5) is 0 Å². The Morgan fingerprint density at radius 2 is 1.46 bits per heavy atom. The van der Waals surface area contributed by atoms with Crippen molar-refractivity contribution in [3.63, 3.8) is 0 Å². The van der Waals surface area contributed by atoms with Crippen LogP contribution in [0.1, 0.15) is 98.6 Å². The van der Waals surface area contributed by atoms with Crippen LogP contribution in [0, 0.1) is 23.2 Å². The summed E-state index contributed by atoms with van der Waals surface area (Å²) >= 11 is 0. The van der Waals surface area contributed by atoms with E-state index < -0.39 is 18.6 Å². The topological polar surface area (TPSA) is 61.8 Å². The molecule has 0 saturated carbocycles. The first kappa shape index (κ1) is 35.6. The molecule has 5 unspecified atom stereocenters. The predicted molar refractivity (Wildman–Crippen MR) is 166 cm³/mol. The van der Waals surface area contributed by atoms with Crippen LogP contribution in [0.25, 0.3) is 0 Å². The van der Waals surface area contributed by atoms with Gasteiger partial charge in [0.1, 0.15) is 18.6 Å². The van der Waals surface area contributed by atoms with Crippen molar-refractivity contribution in [1.29, 1.82) is 0 Å². The summed E-state index contributed by atoms with van der Waals surface area (Å²) in [6, 6.07) is 8.49. The third-order valence-corrected chi connectivity index (χ3v) is 10.8. The Hall–Kier alpha value is -1.45. The Bertz CT molecular complexity index is 852. The molecule has 0 aliphatic rings. The van der Waals surface area contributed by atoms with Gasteiger partial charge in [0.2, 0.25) is 0 Å². The largest absolute Gasteiger partial charge is 0.464 e. The minimum absolute atomic E-state index is 0.00433. The van der Waals surface area contributed by atoms with Gasteiger partial charge in [-0.25, -0.2) is 0 Å². The molecule has 0 fully saturated rings. The Morgan fingerprint density at radius 1 is 0.846 bits per heavy atom. The van der Waals surface area contributed by atoms with E-state index in [1.54, 1.807) is 6.92 Å². The van der Waals surface area contributed by atoms with Gasteiger partial charge in [-0.3, -0.25) is 9.59 Å². The molecule has 1 aromatic rings. The van der Waals surface area contributed by atoms with E-state index in [-0.39, 0.29) is 37.8 Å². The number of carbonyl (C=O) groups excluding carboxylic acids is 2. The monoisotopic (exact) mass is 565 g/mol. The maximum atomic E-state index is 13.2. The fraction of sp³-hybridized carbons (Fsp3) is 0.758. The van der Waals surface area contributed by atoms with Crippen molar-refractivity contribution in [3.05, 3.63) is 35.4 Å². The summed E-state index contributed by atoms with van der Waals surface area (Å²) in [5.74, 6) is 0.689. The molecule has 0 radical (unpaired) electrons. The second-order valence-corrected chi connectivity index (χ2v) is 17.3. The summed E-state index contributed by atoms with van der Waals surface area (Å²) in [5.41, 5.74) is 1.24. The first-order valence-corrected chi connectivity index (χ1v) is 18.2. The average Bonchev–Trinajstić information content (AvgIpc) is 2.92. The zero-order chi connectivity index (χ0) is 29.6. The van der Waals surface area contributed by atoms with Gasteiger partial charge in [-0.05, 0) is 62.5 Å². The molecule has 5 nitrogen and oxygen atoms in total. The summed E-state index contributed by atoms with van der Waals surface area (Å²) < 4.78 is 17.1. The summed E-state index contributed by atoms with van der Waals surface area (Å²) in [6.07, 6.45) is 7.85. The second kappa shape index (κ2) is 17.4. The summed E-state index contributed by atoms with van der Waals surface area (Å²) in [4.78, 5) is 25.5. The number of hydrogen-bond donors (Lipinski definition) is 0. The lowest BCUT2D eigenvalue weighted by Gasteiger charge is -2.28. The van der Waals surface area contributed by atoms with Crippen LogP contribution in [-0.4, -0.2) is 50.7 Å². The van der Waals surface area contributed by atoms with Crippen molar-refractivity contribution >= 4 is 19.2 Å². The van der Waals surface area contributed by atoms with E-state index in [0.29, 0.717) is 6.42 Å². The molecule has 0 aliphatic heterocycles. The van der Waals surface area contributed by atoms with Gasteiger partial charge in [-0.2, -0.15) is 0 Å². The molecule has 0 amide bonds. The van der Waals surface area contributed by atoms with Crippen LogP contribution >= 0.6 is 7.26 Å². The number of rotatable bonds is 19. The van der Waals surface area contributed by atoms with E-state index in [4.69, 9.17) is 14.2 Å². The lowest BCUT2D eigenvalue weighted by atomic mass is 9.92. The molecular formula is C33H58O5P+. The number of ether oxygens (including phenoxy) is 3. The molecule has 39 heavy (non-hydrogen) atoms. The molecule has 0 N–H and O–H groups in total. The molecule has 1 aromatic carbocycles. The van der Waals surface area contributed by atoms with E-state index in [2.05, 4.69) is 58.4 Å². The van der Waals surface area contributed by atoms with Crippen molar-refractivity contribution in [3.8, 4) is 0 Å². The maximum Gasteiger partial charge on any atom is 0.317 e. The van der Waals surface area contributed by atoms with Crippen LogP contribution in [0.2, 0.25) is 0 Å². The highest BCUT2D eigenvalue weighted by atomic mass is 31.2. The lowest BCUT2D eigenvalue weighted by molar-refractivity contribution is -0.171. The standard InChI is InChI=1S/C33H58O5P/c1-11-25(5)19-28(14-4)21-39(9,10)22-30-17-15-29(16-18-30)20-36-32(35)33(8,23-37-27(7)13-3)24-38-31(34)26(6)12-2/h15-18,25-28H,11-14,19-24H2,1-10H3/q+1. The van der Waals surface area contributed by atoms with Gasteiger partial charge < -0.3 is 14.2 Å². The maximum absolute atomic E-state index is 13.2. The SMILES string of the molecule is CCC(C)CC(CC)C[P+](C)(C)Cc1ccc(COC(=O)C(C)(COC(=O)C(C)CC)COC(C)CC)cc1. The normalized spacial score (nSPS) is 16.6. The molecule has 224 valence electrons. The minimum atomic E-state index is -1.06. The molecule has 0 heterocycles. The van der Waals surface area contributed by atoms with Crippen molar-refractivity contribution in [2.75, 3.05) is 32.7 Å². The Morgan fingerprint density at radius 3 is 2.00 bits per heavy atom. The van der Waals surface area contributed by atoms with Gasteiger partial charge in [0.25, 0.3) is 0 Å². The minimum Gasteiger partial charge on any atom is -0.464 e. The van der Waals surface area contributed by atoms with Gasteiger partial charge >= 0.3 is 11.9 Å². The Kier molecular flexibility index (Phi) is 15.9. The molecule has 6 heteroatoms. The third kappa shape index (κ3) is 13.2. The second-order valence-electron chi connectivity index (χ2n) is 12.7. The van der Waals surface area contributed by atoms with E-state index in [0.717, 1.165) is 30.0 Å². The van der Waals surface area contributed by atoms with Gasteiger partial charge in [-0.15, -0.1) is 0 Å². The first-order valence-electron chi connectivity index (χ1n) is 15.1. The van der Waals surface area contributed by atoms with Crippen LogP contribution < -0.4 is 0 Å². The molecule has 0 saturated heterocycles. The van der Waals surface area contributed by atoms with E-state index in [9.17, 15) is 9.59 Å². The van der Waals surface area contributed by atoms with Crippen molar-refractivity contribution in [2.24, 2.45) is 23.2 Å². The zero-order valence-electron chi connectivity index (χ0n) is 26.7. The fourth-order valence-electron chi connectivity index (χ4n) is 4.57. The molecule has 0 aromatic heterocycles.